The second-order valence-electron chi connectivity index (χ2n) is 4.61. The number of imidazole rings is 1. The number of amides is 1. The number of benzene rings is 1. The highest BCUT2D eigenvalue weighted by Gasteiger charge is 2.19. The van der Waals surface area contributed by atoms with Gasteiger partial charge in [0.15, 0.2) is 4.96 Å². The molecule has 0 bridgehead atoms. The van der Waals surface area contributed by atoms with Crippen LogP contribution in [0, 0.1) is 6.92 Å². The summed E-state index contributed by atoms with van der Waals surface area (Å²) in [6.07, 6.45) is 3.69. The van der Waals surface area contributed by atoms with Gasteiger partial charge in [-0.25, -0.2) is 4.98 Å². The lowest BCUT2D eigenvalue weighted by Crippen LogP contribution is -2.30. The Morgan fingerprint density at radius 2 is 2.30 bits per heavy atom. The van der Waals surface area contributed by atoms with Crippen LogP contribution < -0.4 is 4.90 Å². The number of carbonyl (C=O) groups is 1. The van der Waals surface area contributed by atoms with E-state index >= 15 is 0 Å². The first-order valence-corrected chi connectivity index (χ1v) is 7.37. The van der Waals surface area contributed by atoms with Gasteiger partial charge in [-0.1, -0.05) is 12.1 Å². The molecule has 0 N–H and O–H groups in total. The molecular weight excluding hydrogens is 270 g/mol. The largest absolute Gasteiger partial charge is 0.307 e. The molecule has 0 aliphatic heterocycles. The molecule has 5 heteroatoms. The summed E-state index contributed by atoms with van der Waals surface area (Å²) < 4.78 is 1.88. The van der Waals surface area contributed by atoms with Crippen molar-refractivity contribution < 1.29 is 4.79 Å². The summed E-state index contributed by atoms with van der Waals surface area (Å²) >= 11 is 1.52. The number of hydrogen-bond acceptors (Lipinski definition) is 3. The zero-order valence-electron chi connectivity index (χ0n) is 11.4. The smallest absolute Gasteiger partial charge is 0.278 e. The van der Waals surface area contributed by atoms with E-state index in [1.54, 1.807) is 11.1 Å². The highest BCUT2D eigenvalue weighted by molar-refractivity contribution is 7.15. The summed E-state index contributed by atoms with van der Waals surface area (Å²) in [5.74, 6) is -0.0611. The molecule has 0 unspecified atom stereocenters. The van der Waals surface area contributed by atoms with Gasteiger partial charge in [-0.2, -0.15) is 0 Å². The number of nitrogens with zero attached hydrogens (tertiary/aromatic N) is 3. The van der Waals surface area contributed by atoms with E-state index in [0.717, 1.165) is 16.2 Å². The summed E-state index contributed by atoms with van der Waals surface area (Å²) in [7, 11) is 0. The number of anilines is 1. The first-order valence-electron chi connectivity index (χ1n) is 6.50. The SMILES string of the molecule is CCN(C(=O)c1cn2ccsc2n1)c1cccc(C)c1. The minimum absolute atomic E-state index is 0.0611. The Bertz CT molecular complexity index is 731. The Kier molecular flexibility index (Phi) is 3.28. The van der Waals surface area contributed by atoms with Crippen LogP contribution in [-0.4, -0.2) is 21.8 Å². The third-order valence-corrected chi connectivity index (χ3v) is 3.96. The Hall–Kier alpha value is -2.14. The van der Waals surface area contributed by atoms with Crippen LogP contribution in [0.1, 0.15) is 23.0 Å². The molecule has 102 valence electrons. The average molecular weight is 285 g/mol. The van der Waals surface area contributed by atoms with Crippen molar-refractivity contribution in [1.82, 2.24) is 9.38 Å². The minimum Gasteiger partial charge on any atom is -0.307 e. The van der Waals surface area contributed by atoms with Crippen molar-refractivity contribution in [2.45, 2.75) is 13.8 Å². The topological polar surface area (TPSA) is 37.6 Å². The summed E-state index contributed by atoms with van der Waals surface area (Å²) in [6.45, 7) is 4.61. The minimum atomic E-state index is -0.0611. The molecule has 1 aromatic carbocycles. The van der Waals surface area contributed by atoms with Gasteiger partial charge in [-0.15, -0.1) is 11.3 Å². The molecule has 3 aromatic rings. The highest BCUT2D eigenvalue weighted by atomic mass is 32.1. The molecule has 0 spiro atoms. The molecule has 0 fully saturated rings. The van der Waals surface area contributed by atoms with Gasteiger partial charge in [0.25, 0.3) is 5.91 Å². The van der Waals surface area contributed by atoms with Crippen molar-refractivity contribution in [3.63, 3.8) is 0 Å². The van der Waals surface area contributed by atoms with Gasteiger partial charge in [0.05, 0.1) is 0 Å². The molecule has 0 saturated heterocycles. The Labute approximate surface area is 121 Å². The second kappa shape index (κ2) is 5.09. The molecule has 0 atom stereocenters. The summed E-state index contributed by atoms with van der Waals surface area (Å²) in [4.78, 5) is 19.6. The first kappa shape index (κ1) is 12.9. The lowest BCUT2D eigenvalue weighted by atomic mass is 10.2. The van der Waals surface area contributed by atoms with E-state index in [2.05, 4.69) is 4.98 Å². The fourth-order valence-corrected chi connectivity index (χ4v) is 2.91. The Morgan fingerprint density at radius 3 is 3.00 bits per heavy atom. The van der Waals surface area contributed by atoms with Gasteiger partial charge in [0.1, 0.15) is 5.69 Å². The number of aryl methyl sites for hydroxylation is 1. The molecular formula is C15H15N3OS. The molecule has 0 radical (unpaired) electrons. The Balaban J connectivity index is 1.96. The lowest BCUT2D eigenvalue weighted by molar-refractivity contribution is 0.0984. The number of fused-ring (bicyclic) bond motifs is 1. The second-order valence-corrected chi connectivity index (χ2v) is 5.48. The van der Waals surface area contributed by atoms with Crippen LogP contribution in [0.25, 0.3) is 4.96 Å². The van der Waals surface area contributed by atoms with Crippen LogP contribution in [0.4, 0.5) is 5.69 Å². The van der Waals surface area contributed by atoms with E-state index < -0.39 is 0 Å². The number of aromatic nitrogens is 2. The normalized spacial score (nSPS) is 10.9. The maximum Gasteiger partial charge on any atom is 0.278 e. The summed E-state index contributed by atoms with van der Waals surface area (Å²) in [6, 6.07) is 7.95. The third-order valence-electron chi connectivity index (χ3n) is 3.19. The summed E-state index contributed by atoms with van der Waals surface area (Å²) in [5, 5.41) is 1.95. The van der Waals surface area contributed by atoms with E-state index in [1.165, 1.54) is 11.3 Å². The molecule has 0 aliphatic rings. The van der Waals surface area contributed by atoms with Crippen molar-refractivity contribution in [2.24, 2.45) is 0 Å². The predicted molar refractivity (Wildman–Crippen MR) is 81.6 cm³/mol. The fourth-order valence-electron chi connectivity index (χ4n) is 2.21. The molecule has 2 heterocycles. The van der Waals surface area contributed by atoms with Crippen LogP contribution in [0.3, 0.4) is 0 Å². The van der Waals surface area contributed by atoms with E-state index in [1.807, 2.05) is 54.1 Å². The molecule has 0 saturated carbocycles. The van der Waals surface area contributed by atoms with Gasteiger partial charge in [0, 0.05) is 30.0 Å². The molecule has 4 nitrogen and oxygen atoms in total. The van der Waals surface area contributed by atoms with Gasteiger partial charge < -0.3 is 4.90 Å². The quantitative estimate of drug-likeness (QED) is 0.740. The monoisotopic (exact) mass is 285 g/mol. The maximum atomic E-state index is 12.6. The number of thiazole rings is 1. The highest BCUT2D eigenvalue weighted by Crippen LogP contribution is 2.19. The average Bonchev–Trinajstić information content (AvgIpc) is 3.00. The number of hydrogen-bond donors (Lipinski definition) is 0. The summed E-state index contributed by atoms with van der Waals surface area (Å²) in [5.41, 5.74) is 2.54. The third kappa shape index (κ3) is 2.20. The van der Waals surface area contributed by atoms with E-state index in [4.69, 9.17) is 0 Å². The van der Waals surface area contributed by atoms with Crippen LogP contribution in [0.2, 0.25) is 0 Å². The molecule has 20 heavy (non-hydrogen) atoms. The standard InChI is InChI=1S/C15H15N3OS/c1-3-18(12-6-4-5-11(2)9-12)14(19)13-10-17-7-8-20-15(17)16-13/h4-10H,3H2,1-2H3. The van der Waals surface area contributed by atoms with E-state index in [0.29, 0.717) is 12.2 Å². The van der Waals surface area contributed by atoms with Gasteiger partial charge in [-0.3, -0.25) is 9.20 Å². The van der Waals surface area contributed by atoms with E-state index in [9.17, 15) is 4.79 Å². The van der Waals surface area contributed by atoms with Crippen molar-refractivity contribution in [2.75, 3.05) is 11.4 Å². The molecule has 3 rings (SSSR count). The fraction of sp³-hybridized carbons (Fsp3) is 0.200. The predicted octanol–water partition coefficient (Wildman–Crippen LogP) is 3.37. The zero-order chi connectivity index (χ0) is 14.1. The lowest BCUT2D eigenvalue weighted by Gasteiger charge is -2.20. The molecule has 1 amide bonds. The number of carbonyl (C=O) groups excluding carboxylic acids is 1. The van der Waals surface area contributed by atoms with Crippen LogP contribution in [0.5, 0.6) is 0 Å². The number of rotatable bonds is 3. The van der Waals surface area contributed by atoms with Crippen molar-refractivity contribution in [3.05, 3.63) is 53.3 Å². The zero-order valence-corrected chi connectivity index (χ0v) is 12.2. The first-order chi connectivity index (χ1) is 9.69. The van der Waals surface area contributed by atoms with Crippen molar-refractivity contribution >= 4 is 27.9 Å². The van der Waals surface area contributed by atoms with Gasteiger partial charge >= 0.3 is 0 Å². The maximum absolute atomic E-state index is 12.6. The molecule has 0 aliphatic carbocycles. The van der Waals surface area contributed by atoms with E-state index in [-0.39, 0.29) is 5.91 Å². The van der Waals surface area contributed by atoms with Crippen molar-refractivity contribution in [1.29, 1.82) is 0 Å². The van der Waals surface area contributed by atoms with Crippen LogP contribution in [0.15, 0.2) is 42.0 Å². The van der Waals surface area contributed by atoms with Crippen molar-refractivity contribution in [3.8, 4) is 0 Å². The van der Waals surface area contributed by atoms with Gasteiger partial charge in [-0.05, 0) is 31.5 Å². The Morgan fingerprint density at radius 1 is 1.45 bits per heavy atom. The van der Waals surface area contributed by atoms with Crippen LogP contribution >= 0.6 is 11.3 Å². The van der Waals surface area contributed by atoms with Gasteiger partial charge in [0.2, 0.25) is 0 Å². The van der Waals surface area contributed by atoms with Crippen LogP contribution in [-0.2, 0) is 0 Å². The molecule has 2 aromatic heterocycles.